The van der Waals surface area contributed by atoms with Gasteiger partial charge in [-0.1, -0.05) is 39.0 Å². The maximum Gasteiger partial charge on any atom is 0.125 e. The van der Waals surface area contributed by atoms with E-state index >= 15 is 0 Å². The lowest BCUT2D eigenvalue weighted by Gasteiger charge is -2.37. The number of hydrogen-bond acceptors (Lipinski definition) is 2. The van der Waals surface area contributed by atoms with E-state index < -0.39 is 0 Å². The van der Waals surface area contributed by atoms with Gasteiger partial charge in [-0.05, 0) is 11.5 Å². The first-order valence-electron chi connectivity index (χ1n) is 5.42. The van der Waals surface area contributed by atoms with E-state index in [1.807, 2.05) is 24.3 Å². The highest BCUT2D eigenvalue weighted by Gasteiger charge is 2.34. The Morgan fingerprint density at radius 3 is 2.60 bits per heavy atom. The summed E-state index contributed by atoms with van der Waals surface area (Å²) in [5, 5.41) is 10.0. The Kier molecular flexibility index (Phi) is 2.47. The zero-order valence-electron chi connectivity index (χ0n) is 9.53. The van der Waals surface area contributed by atoms with Crippen molar-refractivity contribution in [1.29, 1.82) is 0 Å². The summed E-state index contributed by atoms with van der Waals surface area (Å²) in [4.78, 5) is 0. The van der Waals surface area contributed by atoms with E-state index in [1.165, 1.54) is 0 Å². The van der Waals surface area contributed by atoms with Crippen LogP contribution in [0.3, 0.4) is 0 Å². The van der Waals surface area contributed by atoms with Gasteiger partial charge in [0.1, 0.15) is 11.9 Å². The maximum absolute atomic E-state index is 10.0. The summed E-state index contributed by atoms with van der Waals surface area (Å²) >= 11 is 0. The lowest BCUT2D eigenvalue weighted by Crippen LogP contribution is -2.36. The van der Waals surface area contributed by atoms with E-state index in [4.69, 9.17) is 4.74 Å². The molecule has 1 N–H and O–H groups in total. The quantitative estimate of drug-likeness (QED) is 0.707. The summed E-state index contributed by atoms with van der Waals surface area (Å²) in [6.45, 7) is 6.41. The van der Waals surface area contributed by atoms with Gasteiger partial charge >= 0.3 is 0 Å². The van der Waals surface area contributed by atoms with Gasteiger partial charge in [0.15, 0.2) is 0 Å². The predicted octanol–water partition coefficient (Wildman–Crippen LogP) is 2.92. The fraction of sp³-hybridized carbons (Fsp3) is 0.538. The van der Waals surface area contributed by atoms with Gasteiger partial charge in [0.2, 0.25) is 0 Å². The van der Waals surface area contributed by atoms with Crippen LogP contribution in [-0.2, 0) is 0 Å². The van der Waals surface area contributed by atoms with Crippen LogP contribution in [0.1, 0.15) is 38.9 Å². The summed E-state index contributed by atoms with van der Waals surface area (Å²) in [6, 6.07) is 7.73. The van der Waals surface area contributed by atoms with E-state index in [0.717, 1.165) is 11.3 Å². The number of fused-ring (bicyclic) bond motifs is 1. The molecule has 0 aromatic heterocycles. The minimum absolute atomic E-state index is 0.0640. The van der Waals surface area contributed by atoms with Crippen LogP contribution in [0.5, 0.6) is 5.75 Å². The molecule has 1 aromatic rings. The maximum atomic E-state index is 10.0. The van der Waals surface area contributed by atoms with Crippen LogP contribution in [0.15, 0.2) is 24.3 Å². The fourth-order valence-electron chi connectivity index (χ4n) is 1.92. The first-order valence-corrected chi connectivity index (χ1v) is 5.42. The first-order chi connectivity index (χ1) is 6.98. The zero-order valence-corrected chi connectivity index (χ0v) is 9.53. The average Bonchev–Trinajstić information content (AvgIpc) is 2.16. The van der Waals surface area contributed by atoms with Crippen molar-refractivity contribution in [3.63, 3.8) is 0 Å². The highest BCUT2D eigenvalue weighted by Crippen LogP contribution is 2.39. The van der Waals surface area contributed by atoms with Crippen LogP contribution in [0.4, 0.5) is 0 Å². The van der Waals surface area contributed by atoms with Gasteiger partial charge < -0.3 is 9.84 Å². The van der Waals surface area contributed by atoms with Gasteiger partial charge in [-0.2, -0.15) is 0 Å². The molecule has 0 fully saturated rings. The van der Waals surface area contributed by atoms with Gasteiger partial charge in [-0.15, -0.1) is 0 Å². The second kappa shape index (κ2) is 3.53. The standard InChI is InChI=1S/C13H18O2/c1-13(2,3)12-8-10(14)9-6-4-5-7-11(9)15-12/h4-7,10,12,14H,8H2,1-3H3/t10-,12?/m0/s1. The van der Waals surface area contributed by atoms with Crippen molar-refractivity contribution in [2.45, 2.75) is 39.4 Å². The van der Waals surface area contributed by atoms with Crippen LogP contribution in [0.25, 0.3) is 0 Å². The lowest BCUT2D eigenvalue weighted by atomic mass is 9.83. The van der Waals surface area contributed by atoms with Crippen LogP contribution < -0.4 is 4.74 Å². The molecule has 0 amide bonds. The van der Waals surface area contributed by atoms with Crippen molar-refractivity contribution in [2.75, 3.05) is 0 Å². The Labute approximate surface area is 90.9 Å². The summed E-state index contributed by atoms with van der Waals surface area (Å²) < 4.78 is 5.91. The van der Waals surface area contributed by atoms with E-state index in [0.29, 0.717) is 6.42 Å². The second-order valence-electron chi connectivity index (χ2n) is 5.26. The molecule has 1 unspecified atom stereocenters. The summed E-state index contributed by atoms with van der Waals surface area (Å²) in [5.41, 5.74) is 0.979. The van der Waals surface area contributed by atoms with Crippen molar-refractivity contribution in [2.24, 2.45) is 5.41 Å². The van der Waals surface area contributed by atoms with Crippen molar-refractivity contribution in [3.8, 4) is 5.75 Å². The van der Waals surface area contributed by atoms with Crippen LogP contribution in [-0.4, -0.2) is 11.2 Å². The van der Waals surface area contributed by atoms with E-state index in [1.54, 1.807) is 0 Å². The minimum Gasteiger partial charge on any atom is -0.489 e. The molecule has 0 aliphatic carbocycles. The highest BCUT2D eigenvalue weighted by molar-refractivity contribution is 5.37. The molecule has 1 aliphatic heterocycles. The number of para-hydroxylation sites is 1. The molecular formula is C13H18O2. The topological polar surface area (TPSA) is 29.5 Å². The summed E-state index contributed by atoms with van der Waals surface area (Å²) in [6.07, 6.45) is 0.377. The van der Waals surface area contributed by atoms with Gasteiger partial charge in [0.05, 0.1) is 6.10 Å². The fourth-order valence-corrected chi connectivity index (χ4v) is 1.92. The molecule has 0 radical (unpaired) electrons. The van der Waals surface area contributed by atoms with Crippen molar-refractivity contribution in [3.05, 3.63) is 29.8 Å². The van der Waals surface area contributed by atoms with E-state index in [-0.39, 0.29) is 17.6 Å². The average molecular weight is 206 g/mol. The Balaban J connectivity index is 2.30. The van der Waals surface area contributed by atoms with Crippen LogP contribution in [0, 0.1) is 5.41 Å². The number of rotatable bonds is 0. The predicted molar refractivity (Wildman–Crippen MR) is 59.9 cm³/mol. The molecule has 2 heteroatoms. The molecule has 1 aromatic carbocycles. The molecule has 2 rings (SSSR count). The van der Waals surface area contributed by atoms with Gasteiger partial charge in [-0.3, -0.25) is 0 Å². The normalized spacial score (nSPS) is 25.6. The van der Waals surface area contributed by atoms with E-state index in [9.17, 15) is 5.11 Å². The smallest absolute Gasteiger partial charge is 0.125 e. The van der Waals surface area contributed by atoms with Crippen molar-refractivity contribution < 1.29 is 9.84 Å². The van der Waals surface area contributed by atoms with Crippen molar-refractivity contribution >= 4 is 0 Å². The third-order valence-electron chi connectivity index (χ3n) is 2.95. The number of aliphatic hydroxyl groups is 1. The SMILES string of the molecule is CC(C)(C)C1C[C@H](O)c2ccccc2O1. The van der Waals surface area contributed by atoms with Crippen molar-refractivity contribution in [1.82, 2.24) is 0 Å². The van der Waals surface area contributed by atoms with Gasteiger partial charge in [-0.25, -0.2) is 0 Å². The molecule has 0 spiro atoms. The monoisotopic (exact) mass is 206 g/mol. The Morgan fingerprint density at radius 2 is 1.93 bits per heavy atom. The third-order valence-corrected chi connectivity index (χ3v) is 2.95. The zero-order chi connectivity index (χ0) is 11.1. The molecule has 2 nitrogen and oxygen atoms in total. The molecule has 82 valence electrons. The molecule has 2 atom stereocenters. The summed E-state index contributed by atoms with van der Waals surface area (Å²) in [5.74, 6) is 0.830. The number of aliphatic hydroxyl groups excluding tert-OH is 1. The van der Waals surface area contributed by atoms with Gasteiger partial charge in [0.25, 0.3) is 0 Å². The Hall–Kier alpha value is -1.02. The highest BCUT2D eigenvalue weighted by atomic mass is 16.5. The molecule has 1 heterocycles. The van der Waals surface area contributed by atoms with E-state index in [2.05, 4.69) is 20.8 Å². The van der Waals surface area contributed by atoms with Crippen LogP contribution in [0.2, 0.25) is 0 Å². The minimum atomic E-state index is -0.390. The number of hydrogen-bond donors (Lipinski definition) is 1. The molecular weight excluding hydrogens is 188 g/mol. The van der Waals surface area contributed by atoms with Crippen LogP contribution >= 0.6 is 0 Å². The Morgan fingerprint density at radius 1 is 1.27 bits per heavy atom. The Bertz CT molecular complexity index is 352. The first kappa shape index (κ1) is 10.5. The molecule has 1 aliphatic rings. The molecule has 15 heavy (non-hydrogen) atoms. The molecule has 0 saturated carbocycles. The second-order valence-corrected chi connectivity index (χ2v) is 5.26. The number of ether oxygens (including phenoxy) is 1. The summed E-state index contributed by atoms with van der Waals surface area (Å²) in [7, 11) is 0. The lowest BCUT2D eigenvalue weighted by molar-refractivity contribution is 0.00802. The third kappa shape index (κ3) is 2.00. The van der Waals surface area contributed by atoms with Gasteiger partial charge in [0, 0.05) is 12.0 Å². The molecule has 0 saturated heterocycles. The largest absolute Gasteiger partial charge is 0.489 e. The molecule has 0 bridgehead atoms. The number of benzene rings is 1.